The number of hydrogen-bond acceptors (Lipinski definition) is 5. The Balaban J connectivity index is 0.000000183. The van der Waals surface area contributed by atoms with Crippen LogP contribution in [0.3, 0.4) is 0 Å². The molecule has 10 aromatic rings. The molecule has 0 saturated carbocycles. The predicted molar refractivity (Wildman–Crippen MR) is 238 cm³/mol. The molecule has 0 spiro atoms. The standard InChI is InChI=1S/C31H18N3OS.C18H24GeN.Ir/c1-18-13-15-22-21-8-6-9-23(29(21)35-31(22)32-18)30-33-25-10-3-4-11-26(25)34(30)19-14-16-28-24(17-19)20-7-2-5-12-27(20)36-28;1-14(2)11-16-12-18(15-9-7-6-8-10-15)20-13-17(16)19(3,4)5;/h2-8,10-17H,1H3;6-9,12-14H,11H2,1-5H3;/q2*-1;/i;11D2;. The van der Waals surface area contributed by atoms with Crippen LogP contribution in [0.2, 0.25) is 17.3 Å². The van der Waals surface area contributed by atoms with Gasteiger partial charge < -0.3 is 8.98 Å². The second-order valence-electron chi connectivity index (χ2n) is 15.5. The first-order valence-corrected chi connectivity index (χ1v) is 27.1. The average molecular weight is 1000 g/mol. The Morgan fingerprint density at radius 3 is 2.39 bits per heavy atom. The number of fused-ring (bicyclic) bond motifs is 7. The Hall–Kier alpha value is -4.92. The largest absolute Gasteiger partial charge is 0 e. The molecule has 1 radical (unpaired) electrons. The third-order valence-corrected chi connectivity index (χ3v) is 15.4. The summed E-state index contributed by atoms with van der Waals surface area (Å²) in [5.74, 6) is 7.57. The first-order valence-electron chi connectivity index (χ1n) is 20.0. The van der Waals surface area contributed by atoms with Crippen molar-refractivity contribution in [3.05, 3.63) is 151 Å². The summed E-state index contributed by atoms with van der Waals surface area (Å²) in [7, 11) is 0. The third-order valence-electron chi connectivity index (χ3n) is 9.98. The number of benzene rings is 5. The summed E-state index contributed by atoms with van der Waals surface area (Å²) in [5.41, 5.74) is 8.71. The normalized spacial score (nSPS) is 12.5. The van der Waals surface area contributed by atoms with Crippen molar-refractivity contribution >= 4 is 82.3 Å². The van der Waals surface area contributed by atoms with Crippen molar-refractivity contribution in [1.82, 2.24) is 19.5 Å². The van der Waals surface area contributed by atoms with Crippen LogP contribution in [-0.4, -0.2) is 32.8 Å². The van der Waals surface area contributed by atoms with Crippen molar-refractivity contribution in [2.24, 2.45) is 5.92 Å². The molecule has 0 N–H and O–H groups in total. The molecule has 5 aromatic heterocycles. The van der Waals surface area contributed by atoms with Gasteiger partial charge in [-0.25, -0.2) is 4.98 Å². The van der Waals surface area contributed by atoms with Crippen molar-refractivity contribution in [1.29, 1.82) is 0 Å². The molecule has 0 fully saturated rings. The minimum atomic E-state index is -2.20. The van der Waals surface area contributed by atoms with Crippen LogP contribution < -0.4 is 4.40 Å². The van der Waals surface area contributed by atoms with Crippen molar-refractivity contribution in [3.8, 4) is 28.3 Å². The Bertz CT molecular complexity index is 3150. The molecule has 0 bridgehead atoms. The first-order chi connectivity index (χ1) is 27.9. The van der Waals surface area contributed by atoms with Gasteiger partial charge in [-0.2, -0.15) is 0 Å². The molecular formula is C49H42GeIrN4OS-2. The van der Waals surface area contributed by atoms with Crippen molar-refractivity contribution in [3.63, 3.8) is 0 Å². The third kappa shape index (κ3) is 7.50. The van der Waals surface area contributed by atoms with E-state index in [1.165, 1.54) is 20.2 Å². The summed E-state index contributed by atoms with van der Waals surface area (Å²) in [5, 5.41) is 4.55. The van der Waals surface area contributed by atoms with Crippen LogP contribution in [0.25, 0.3) is 81.6 Å². The van der Waals surface area contributed by atoms with E-state index < -0.39 is 19.6 Å². The molecule has 0 aliphatic heterocycles. The van der Waals surface area contributed by atoms with E-state index in [1.54, 1.807) is 0 Å². The predicted octanol–water partition coefficient (Wildman–Crippen LogP) is 12.8. The molecule has 10 rings (SSSR count). The fourth-order valence-electron chi connectivity index (χ4n) is 7.37. The smallest absolute Gasteiger partial charge is 0 e. The van der Waals surface area contributed by atoms with E-state index in [1.807, 2.05) is 92.9 Å². The summed E-state index contributed by atoms with van der Waals surface area (Å²) < 4.78 is 29.4. The molecule has 5 nitrogen and oxygen atoms in total. The number of rotatable bonds is 6. The zero-order valence-corrected chi connectivity index (χ0v) is 38.0. The number of pyridine rings is 2. The van der Waals surface area contributed by atoms with Gasteiger partial charge in [0.2, 0.25) is 5.71 Å². The molecule has 5 aromatic carbocycles. The molecule has 0 aliphatic carbocycles. The number of imidazole rings is 1. The van der Waals surface area contributed by atoms with E-state index in [-0.39, 0.29) is 26.0 Å². The van der Waals surface area contributed by atoms with Gasteiger partial charge in [-0.15, -0.1) is 29.5 Å². The fourth-order valence-corrected chi connectivity index (χ4v) is 11.4. The van der Waals surface area contributed by atoms with E-state index in [9.17, 15) is 0 Å². The van der Waals surface area contributed by atoms with Crippen LogP contribution in [0.15, 0.2) is 132 Å². The van der Waals surface area contributed by atoms with Gasteiger partial charge in [0.1, 0.15) is 0 Å². The van der Waals surface area contributed by atoms with E-state index in [0.717, 1.165) is 71.4 Å². The molecule has 0 atom stereocenters. The van der Waals surface area contributed by atoms with Crippen molar-refractivity contribution in [2.75, 3.05) is 0 Å². The second-order valence-corrected chi connectivity index (χ2v) is 27.1. The molecule has 0 amide bonds. The van der Waals surface area contributed by atoms with E-state index in [2.05, 4.69) is 111 Å². The Morgan fingerprint density at radius 2 is 1.58 bits per heavy atom. The minimum Gasteiger partial charge on any atom is 0 e. The fraction of sp³-hybridized carbons (Fsp3) is 0.163. The van der Waals surface area contributed by atoms with Crippen molar-refractivity contribution in [2.45, 2.75) is 44.4 Å². The maximum absolute atomic E-state index is 8.56. The number of para-hydroxylation sites is 2. The summed E-state index contributed by atoms with van der Waals surface area (Å²) in [6.07, 6.45) is 0.562. The number of hydrogen-bond donors (Lipinski definition) is 0. The second kappa shape index (κ2) is 15.8. The molecule has 8 heteroatoms. The summed E-state index contributed by atoms with van der Waals surface area (Å²) in [6, 6.07) is 47.9. The minimum absolute atomic E-state index is 0. The zero-order chi connectivity index (χ0) is 40.3. The zero-order valence-electron chi connectivity index (χ0n) is 34.6. The maximum atomic E-state index is 8.56. The molecule has 0 unspecified atom stereocenters. The molecule has 285 valence electrons. The molecular weight excluding hydrogens is 957 g/mol. The van der Waals surface area contributed by atoms with Crippen LogP contribution in [0.5, 0.6) is 0 Å². The molecule has 5 heterocycles. The van der Waals surface area contributed by atoms with Gasteiger partial charge in [0, 0.05) is 57.0 Å². The van der Waals surface area contributed by atoms with Gasteiger partial charge in [0.25, 0.3) is 0 Å². The van der Waals surface area contributed by atoms with Gasteiger partial charge in [0.05, 0.1) is 22.4 Å². The number of aromatic nitrogens is 4. The topological polar surface area (TPSA) is 56.7 Å². The SMILES string of the molecule is Cc1ccc2c(n1)oc1c(-c3nc4ccccc4n3-c3ccc4sc5ccccc5c4c3)[c-]ccc12.[2H]C([2H])(c1cc(-c2[c-]cccc2)nc[c]1[Ge]([CH3])([CH3])[CH3])C(C)C.[Ir]. The van der Waals surface area contributed by atoms with Gasteiger partial charge >= 0.3 is 128 Å². The molecule has 0 aliphatic rings. The van der Waals surface area contributed by atoms with E-state index in [0.29, 0.717) is 5.71 Å². The Labute approximate surface area is 356 Å². The van der Waals surface area contributed by atoms with Crippen LogP contribution in [0, 0.1) is 25.0 Å². The first kappa shape index (κ1) is 36.4. The van der Waals surface area contributed by atoms with Crippen LogP contribution >= 0.6 is 11.3 Å². The van der Waals surface area contributed by atoms with E-state index in [4.69, 9.17) is 12.1 Å². The van der Waals surface area contributed by atoms with E-state index >= 15 is 0 Å². The summed E-state index contributed by atoms with van der Waals surface area (Å²) in [4.78, 5) is 14.3. The van der Waals surface area contributed by atoms with Crippen LogP contribution in [0.1, 0.15) is 27.8 Å². The van der Waals surface area contributed by atoms with Gasteiger partial charge in [-0.1, -0.05) is 41.3 Å². The monoisotopic (exact) mass is 1000 g/mol. The van der Waals surface area contributed by atoms with Gasteiger partial charge in [-0.3, -0.25) is 4.98 Å². The van der Waals surface area contributed by atoms with Gasteiger partial charge in [0.15, 0.2) is 0 Å². The molecule has 0 saturated heterocycles. The molecule has 57 heavy (non-hydrogen) atoms. The number of furan rings is 1. The summed E-state index contributed by atoms with van der Waals surface area (Å²) >= 11 is -0.378. The van der Waals surface area contributed by atoms with Gasteiger partial charge in [-0.05, 0) is 55.5 Å². The number of aryl methyl sites for hydroxylation is 1. The Kier molecular flexibility index (Phi) is 10.1. The van der Waals surface area contributed by atoms with Crippen LogP contribution in [0.4, 0.5) is 0 Å². The van der Waals surface area contributed by atoms with Crippen LogP contribution in [-0.2, 0) is 26.5 Å². The Morgan fingerprint density at radius 1 is 0.789 bits per heavy atom. The van der Waals surface area contributed by atoms with Crippen molar-refractivity contribution < 1.29 is 27.3 Å². The maximum Gasteiger partial charge on any atom is 0 e. The summed E-state index contributed by atoms with van der Waals surface area (Å²) in [6.45, 7) is 5.85. The average Bonchev–Trinajstić information content (AvgIpc) is 3.91. The number of nitrogens with zero attached hydrogens (tertiary/aromatic N) is 4. The quantitative estimate of drug-likeness (QED) is 0.123. The number of thiophene rings is 1.